The van der Waals surface area contributed by atoms with Crippen molar-refractivity contribution in [1.82, 2.24) is 19.8 Å². The summed E-state index contributed by atoms with van der Waals surface area (Å²) in [6.07, 6.45) is 0. The van der Waals surface area contributed by atoms with Crippen LogP contribution in [0.2, 0.25) is 0 Å². The fraction of sp³-hybridized carbons (Fsp3) is 0.348. The first-order valence-corrected chi connectivity index (χ1v) is 10.4. The average molecular weight is 438 g/mol. The van der Waals surface area contributed by atoms with E-state index in [2.05, 4.69) is 14.9 Å². The standard InChI is InChI=1S/C23H27N5O4/c1-30-18-12-15(13-19(31-2)21(18)32-3)23(29)28-10-8-27(9-11-28)14-20-25-17-7-5-4-6-16(17)22(24)26-20/h4-7,12-13H,8-11,14H2,1-3H3,(H2,24,25,26). The van der Waals surface area contributed by atoms with Gasteiger partial charge < -0.3 is 24.8 Å². The first-order valence-electron chi connectivity index (χ1n) is 10.4. The highest BCUT2D eigenvalue weighted by molar-refractivity contribution is 5.95. The summed E-state index contributed by atoms with van der Waals surface area (Å²) in [5.41, 5.74) is 7.44. The van der Waals surface area contributed by atoms with E-state index in [-0.39, 0.29) is 5.91 Å². The largest absolute Gasteiger partial charge is 0.493 e. The van der Waals surface area contributed by atoms with Crippen LogP contribution in [0.3, 0.4) is 0 Å². The van der Waals surface area contributed by atoms with Crippen LogP contribution in [0.15, 0.2) is 36.4 Å². The molecule has 1 amide bonds. The van der Waals surface area contributed by atoms with E-state index in [1.165, 1.54) is 21.3 Å². The van der Waals surface area contributed by atoms with Crippen molar-refractivity contribution in [3.63, 3.8) is 0 Å². The number of fused-ring (bicyclic) bond motifs is 1. The predicted molar refractivity (Wildman–Crippen MR) is 121 cm³/mol. The number of para-hydroxylation sites is 1. The summed E-state index contributed by atoms with van der Waals surface area (Å²) in [6, 6.07) is 11.1. The van der Waals surface area contributed by atoms with Crippen LogP contribution >= 0.6 is 0 Å². The van der Waals surface area contributed by atoms with Crippen LogP contribution in [0, 0.1) is 0 Å². The summed E-state index contributed by atoms with van der Waals surface area (Å²) >= 11 is 0. The minimum atomic E-state index is -0.0740. The van der Waals surface area contributed by atoms with Gasteiger partial charge in [0.15, 0.2) is 11.5 Å². The molecule has 1 aliphatic heterocycles. The summed E-state index contributed by atoms with van der Waals surface area (Å²) in [5.74, 6) is 2.48. The normalized spacial score (nSPS) is 14.4. The van der Waals surface area contributed by atoms with Crippen molar-refractivity contribution >= 4 is 22.6 Å². The van der Waals surface area contributed by atoms with E-state index < -0.39 is 0 Å². The second kappa shape index (κ2) is 9.27. The van der Waals surface area contributed by atoms with Crippen LogP contribution in [0.1, 0.15) is 16.2 Å². The van der Waals surface area contributed by atoms with Gasteiger partial charge in [0.2, 0.25) is 5.75 Å². The molecule has 1 saturated heterocycles. The number of nitrogen functional groups attached to an aromatic ring is 1. The number of hydrogen-bond acceptors (Lipinski definition) is 8. The van der Waals surface area contributed by atoms with Crippen molar-refractivity contribution in [2.24, 2.45) is 0 Å². The third kappa shape index (κ3) is 4.24. The minimum absolute atomic E-state index is 0.0740. The molecule has 9 nitrogen and oxygen atoms in total. The molecule has 0 aliphatic carbocycles. The lowest BCUT2D eigenvalue weighted by Crippen LogP contribution is -2.48. The lowest BCUT2D eigenvalue weighted by molar-refractivity contribution is 0.0625. The average Bonchev–Trinajstić information content (AvgIpc) is 2.83. The number of methoxy groups -OCH3 is 3. The zero-order valence-corrected chi connectivity index (χ0v) is 18.5. The molecule has 32 heavy (non-hydrogen) atoms. The van der Waals surface area contributed by atoms with Crippen molar-refractivity contribution in [2.45, 2.75) is 6.54 Å². The second-order valence-electron chi connectivity index (χ2n) is 7.52. The summed E-state index contributed by atoms with van der Waals surface area (Å²) in [7, 11) is 4.60. The molecule has 9 heteroatoms. The molecule has 3 aromatic rings. The summed E-state index contributed by atoms with van der Waals surface area (Å²) in [5, 5.41) is 0.858. The van der Waals surface area contributed by atoms with Crippen molar-refractivity contribution < 1.29 is 19.0 Å². The predicted octanol–water partition coefficient (Wildman–Crippen LogP) is 2.20. The number of nitrogens with zero attached hydrogens (tertiary/aromatic N) is 4. The molecule has 0 bridgehead atoms. The van der Waals surface area contributed by atoms with Gasteiger partial charge in [-0.3, -0.25) is 9.69 Å². The molecule has 0 atom stereocenters. The summed E-state index contributed by atoms with van der Waals surface area (Å²) < 4.78 is 16.1. The third-order valence-corrected chi connectivity index (χ3v) is 5.62. The third-order valence-electron chi connectivity index (χ3n) is 5.62. The topological polar surface area (TPSA) is 103 Å². The van der Waals surface area contributed by atoms with E-state index >= 15 is 0 Å². The fourth-order valence-corrected chi connectivity index (χ4v) is 3.92. The molecule has 0 spiro atoms. The van der Waals surface area contributed by atoms with Crippen molar-refractivity contribution in [2.75, 3.05) is 53.2 Å². The molecule has 168 valence electrons. The van der Waals surface area contributed by atoms with E-state index in [0.29, 0.717) is 67.2 Å². The van der Waals surface area contributed by atoms with Gasteiger partial charge in [-0.25, -0.2) is 9.97 Å². The second-order valence-corrected chi connectivity index (χ2v) is 7.52. The van der Waals surface area contributed by atoms with Crippen molar-refractivity contribution in [3.8, 4) is 17.2 Å². The Balaban J connectivity index is 1.43. The zero-order chi connectivity index (χ0) is 22.7. The highest BCUT2D eigenvalue weighted by atomic mass is 16.5. The molecule has 0 radical (unpaired) electrons. The number of nitrogens with two attached hydrogens (primary N) is 1. The molecule has 1 aromatic heterocycles. The highest BCUT2D eigenvalue weighted by Gasteiger charge is 2.25. The Labute approximate surface area is 186 Å². The maximum atomic E-state index is 13.1. The van der Waals surface area contributed by atoms with E-state index in [9.17, 15) is 4.79 Å². The van der Waals surface area contributed by atoms with Gasteiger partial charge in [0.25, 0.3) is 5.91 Å². The van der Waals surface area contributed by atoms with Crippen LogP contribution in [-0.2, 0) is 6.54 Å². The van der Waals surface area contributed by atoms with Gasteiger partial charge in [0.1, 0.15) is 11.6 Å². The van der Waals surface area contributed by atoms with Gasteiger partial charge in [0, 0.05) is 37.1 Å². The number of carbonyl (C=O) groups is 1. The first-order chi connectivity index (χ1) is 15.5. The number of carbonyl (C=O) groups excluding carboxylic acids is 1. The van der Waals surface area contributed by atoms with Crippen molar-refractivity contribution in [1.29, 1.82) is 0 Å². The molecule has 0 saturated carbocycles. The number of rotatable bonds is 6. The first kappa shape index (κ1) is 21.6. The molecule has 2 N–H and O–H groups in total. The Hall–Kier alpha value is -3.59. The van der Waals surface area contributed by atoms with Crippen LogP contribution in [0.4, 0.5) is 5.82 Å². The minimum Gasteiger partial charge on any atom is -0.493 e. The maximum absolute atomic E-state index is 13.1. The molecule has 1 aliphatic rings. The molecular weight excluding hydrogens is 410 g/mol. The number of aromatic nitrogens is 2. The number of ether oxygens (including phenoxy) is 3. The maximum Gasteiger partial charge on any atom is 0.254 e. The van der Waals surface area contributed by atoms with Crippen molar-refractivity contribution in [3.05, 3.63) is 47.8 Å². The lowest BCUT2D eigenvalue weighted by Gasteiger charge is -2.34. The number of anilines is 1. The Morgan fingerprint density at radius 3 is 2.25 bits per heavy atom. The monoisotopic (exact) mass is 437 g/mol. The molecule has 2 heterocycles. The fourth-order valence-electron chi connectivity index (χ4n) is 3.92. The van der Waals surface area contributed by atoms with Crippen LogP contribution in [0.5, 0.6) is 17.2 Å². The van der Waals surface area contributed by atoms with Gasteiger partial charge in [-0.2, -0.15) is 0 Å². The van der Waals surface area contributed by atoms with Crippen LogP contribution in [0.25, 0.3) is 10.9 Å². The molecule has 0 unspecified atom stereocenters. The van der Waals surface area contributed by atoms with Gasteiger partial charge in [-0.05, 0) is 24.3 Å². The van der Waals surface area contributed by atoms with Crippen LogP contribution < -0.4 is 19.9 Å². The smallest absolute Gasteiger partial charge is 0.254 e. The Morgan fingerprint density at radius 2 is 1.62 bits per heavy atom. The Bertz CT molecular complexity index is 1100. The van der Waals surface area contributed by atoms with Crippen LogP contribution in [-0.4, -0.2) is 73.2 Å². The van der Waals surface area contributed by atoms with E-state index in [1.807, 2.05) is 29.2 Å². The number of hydrogen-bond donors (Lipinski definition) is 1. The van der Waals surface area contributed by atoms with Gasteiger partial charge in [-0.1, -0.05) is 12.1 Å². The number of amides is 1. The lowest BCUT2D eigenvalue weighted by atomic mass is 10.1. The van der Waals surface area contributed by atoms with Gasteiger partial charge in [-0.15, -0.1) is 0 Å². The quantitative estimate of drug-likeness (QED) is 0.626. The summed E-state index contributed by atoms with van der Waals surface area (Å²) in [4.78, 5) is 26.2. The molecule has 2 aromatic carbocycles. The molecule has 4 rings (SSSR count). The molecular formula is C23H27N5O4. The molecule has 1 fully saturated rings. The van der Waals surface area contributed by atoms with E-state index in [0.717, 1.165) is 10.9 Å². The number of piperazine rings is 1. The van der Waals surface area contributed by atoms with E-state index in [4.69, 9.17) is 19.9 Å². The van der Waals surface area contributed by atoms with Gasteiger partial charge in [0.05, 0.1) is 33.4 Å². The number of benzene rings is 2. The SMILES string of the molecule is COc1cc(C(=O)N2CCN(Cc3nc(N)c4ccccc4n3)CC2)cc(OC)c1OC. The summed E-state index contributed by atoms with van der Waals surface area (Å²) in [6.45, 7) is 3.21. The highest BCUT2D eigenvalue weighted by Crippen LogP contribution is 2.38. The Morgan fingerprint density at radius 1 is 0.969 bits per heavy atom. The zero-order valence-electron chi connectivity index (χ0n) is 18.5. The van der Waals surface area contributed by atoms with Gasteiger partial charge >= 0.3 is 0 Å². The van der Waals surface area contributed by atoms with E-state index in [1.54, 1.807) is 12.1 Å². The Kier molecular flexibility index (Phi) is 6.27.